The van der Waals surface area contributed by atoms with Gasteiger partial charge in [0.15, 0.2) is 11.5 Å². The quantitative estimate of drug-likeness (QED) is 0.858. The molecule has 0 bridgehead atoms. The Morgan fingerprint density at radius 1 is 1.35 bits per heavy atom. The molecule has 0 saturated heterocycles. The van der Waals surface area contributed by atoms with E-state index in [-0.39, 0.29) is 11.9 Å². The van der Waals surface area contributed by atoms with Crippen molar-refractivity contribution in [2.75, 3.05) is 19.8 Å². The van der Waals surface area contributed by atoms with Gasteiger partial charge in [-0.25, -0.2) is 0 Å². The third kappa shape index (κ3) is 3.22. The molecule has 0 spiro atoms. The molecule has 1 unspecified atom stereocenters. The molecule has 3 N–H and O–H groups in total. The molecule has 0 fully saturated rings. The van der Waals surface area contributed by atoms with E-state index in [2.05, 4.69) is 5.32 Å². The maximum atomic E-state index is 11.3. The second-order valence-corrected chi connectivity index (χ2v) is 5.75. The highest BCUT2D eigenvalue weighted by Gasteiger charge is 2.25. The minimum Gasteiger partial charge on any atom is -0.486 e. The van der Waals surface area contributed by atoms with Crippen molar-refractivity contribution in [1.29, 1.82) is 0 Å². The van der Waals surface area contributed by atoms with Crippen LogP contribution in [0, 0.1) is 5.41 Å². The van der Waals surface area contributed by atoms with Gasteiger partial charge in [-0.1, -0.05) is 6.07 Å². The molecule has 110 valence electrons. The topological polar surface area (TPSA) is 73.6 Å². The number of primary amides is 1. The fraction of sp³-hybridized carbons (Fsp3) is 0.533. The van der Waals surface area contributed by atoms with E-state index in [1.54, 1.807) is 0 Å². The summed E-state index contributed by atoms with van der Waals surface area (Å²) in [7, 11) is 0. The average Bonchev–Trinajstić information content (AvgIpc) is 2.44. The van der Waals surface area contributed by atoms with Gasteiger partial charge in [0.25, 0.3) is 0 Å². The van der Waals surface area contributed by atoms with Crippen molar-refractivity contribution in [3.05, 3.63) is 23.8 Å². The van der Waals surface area contributed by atoms with E-state index < -0.39 is 5.41 Å². The SMILES string of the molecule is CC(NCC(C)(C)C(N)=O)c1ccc2c(c1)OCCO2. The van der Waals surface area contributed by atoms with Crippen molar-refractivity contribution in [1.82, 2.24) is 5.32 Å². The number of ether oxygens (including phenoxy) is 2. The van der Waals surface area contributed by atoms with Gasteiger partial charge < -0.3 is 20.5 Å². The molecule has 1 aromatic rings. The van der Waals surface area contributed by atoms with E-state index in [1.807, 2.05) is 39.0 Å². The highest BCUT2D eigenvalue weighted by Crippen LogP contribution is 2.32. The van der Waals surface area contributed by atoms with Gasteiger partial charge in [0.05, 0.1) is 5.41 Å². The van der Waals surface area contributed by atoms with Crippen molar-refractivity contribution < 1.29 is 14.3 Å². The summed E-state index contributed by atoms with van der Waals surface area (Å²) in [5.74, 6) is 1.25. The fourth-order valence-corrected chi connectivity index (χ4v) is 1.94. The molecule has 0 radical (unpaired) electrons. The van der Waals surface area contributed by atoms with Crippen LogP contribution in [0.2, 0.25) is 0 Å². The Kier molecular flexibility index (Phi) is 4.18. The van der Waals surface area contributed by atoms with E-state index in [0.717, 1.165) is 17.1 Å². The summed E-state index contributed by atoms with van der Waals surface area (Å²) < 4.78 is 11.1. The molecule has 1 aliphatic heterocycles. The summed E-state index contributed by atoms with van der Waals surface area (Å²) in [5.41, 5.74) is 5.90. The Labute approximate surface area is 119 Å². The molecule has 1 atom stereocenters. The van der Waals surface area contributed by atoms with Crippen molar-refractivity contribution in [3.8, 4) is 11.5 Å². The van der Waals surface area contributed by atoms with Gasteiger partial charge in [-0.2, -0.15) is 0 Å². The van der Waals surface area contributed by atoms with Gasteiger partial charge in [0.2, 0.25) is 5.91 Å². The van der Waals surface area contributed by atoms with Gasteiger partial charge in [-0.3, -0.25) is 4.79 Å². The molecule has 0 aromatic heterocycles. The normalized spacial score (nSPS) is 15.8. The number of nitrogens with one attached hydrogen (secondary N) is 1. The largest absolute Gasteiger partial charge is 0.486 e. The number of carbonyl (C=O) groups excluding carboxylic acids is 1. The molecule has 1 amide bonds. The fourth-order valence-electron chi connectivity index (χ4n) is 1.94. The number of nitrogens with two attached hydrogens (primary N) is 1. The monoisotopic (exact) mass is 278 g/mol. The summed E-state index contributed by atoms with van der Waals surface area (Å²) in [4.78, 5) is 11.3. The van der Waals surface area contributed by atoms with Crippen LogP contribution < -0.4 is 20.5 Å². The van der Waals surface area contributed by atoms with Crippen LogP contribution in [0.5, 0.6) is 11.5 Å². The first-order chi connectivity index (χ1) is 9.40. The predicted octanol–water partition coefficient (Wildman–Crippen LogP) is 1.62. The molecule has 1 aromatic carbocycles. The van der Waals surface area contributed by atoms with Crippen LogP contribution in [0.3, 0.4) is 0 Å². The molecule has 0 saturated carbocycles. The number of rotatable bonds is 5. The van der Waals surface area contributed by atoms with Crippen LogP contribution in [0.4, 0.5) is 0 Å². The number of hydrogen-bond donors (Lipinski definition) is 2. The first kappa shape index (κ1) is 14.7. The molecule has 20 heavy (non-hydrogen) atoms. The van der Waals surface area contributed by atoms with Gasteiger partial charge in [0, 0.05) is 12.6 Å². The standard InChI is InChI=1S/C15H22N2O3/c1-10(17-9-15(2,3)14(16)18)11-4-5-12-13(8-11)20-7-6-19-12/h4-5,8,10,17H,6-7,9H2,1-3H3,(H2,16,18). The summed E-state index contributed by atoms with van der Waals surface area (Å²) in [6.45, 7) is 7.40. The van der Waals surface area contributed by atoms with Crippen molar-refractivity contribution >= 4 is 5.91 Å². The summed E-state index contributed by atoms with van der Waals surface area (Å²) in [6, 6.07) is 6.00. The first-order valence-electron chi connectivity index (χ1n) is 6.83. The van der Waals surface area contributed by atoms with Gasteiger partial charge >= 0.3 is 0 Å². The lowest BCUT2D eigenvalue weighted by molar-refractivity contribution is -0.125. The summed E-state index contributed by atoms with van der Waals surface area (Å²) in [6.07, 6.45) is 0. The average molecular weight is 278 g/mol. The summed E-state index contributed by atoms with van der Waals surface area (Å²) in [5, 5.41) is 3.33. The Balaban J connectivity index is 2.02. The van der Waals surface area contributed by atoms with E-state index in [9.17, 15) is 4.79 Å². The second-order valence-electron chi connectivity index (χ2n) is 5.75. The second kappa shape index (κ2) is 5.71. The van der Waals surface area contributed by atoms with Crippen molar-refractivity contribution in [3.63, 3.8) is 0 Å². The number of carbonyl (C=O) groups is 1. The molecular weight excluding hydrogens is 256 g/mol. The van der Waals surface area contributed by atoms with Crippen molar-refractivity contribution in [2.45, 2.75) is 26.8 Å². The predicted molar refractivity (Wildman–Crippen MR) is 76.8 cm³/mol. The number of fused-ring (bicyclic) bond motifs is 1. The van der Waals surface area contributed by atoms with Crippen LogP contribution in [-0.2, 0) is 4.79 Å². The lowest BCUT2D eigenvalue weighted by Gasteiger charge is -2.25. The number of hydrogen-bond acceptors (Lipinski definition) is 4. The molecule has 0 aliphatic carbocycles. The van der Waals surface area contributed by atoms with E-state index in [4.69, 9.17) is 15.2 Å². The maximum Gasteiger partial charge on any atom is 0.224 e. The van der Waals surface area contributed by atoms with Crippen LogP contribution in [0.1, 0.15) is 32.4 Å². The zero-order valence-corrected chi connectivity index (χ0v) is 12.2. The highest BCUT2D eigenvalue weighted by atomic mass is 16.6. The van der Waals surface area contributed by atoms with E-state index in [0.29, 0.717) is 19.8 Å². The molecule has 5 nitrogen and oxygen atoms in total. The van der Waals surface area contributed by atoms with Crippen LogP contribution in [0.15, 0.2) is 18.2 Å². The Hall–Kier alpha value is -1.75. The smallest absolute Gasteiger partial charge is 0.224 e. The van der Waals surface area contributed by atoms with E-state index >= 15 is 0 Å². The Morgan fingerprint density at radius 3 is 2.65 bits per heavy atom. The molecule has 2 rings (SSSR count). The molecule has 1 heterocycles. The third-order valence-electron chi connectivity index (χ3n) is 3.58. The van der Waals surface area contributed by atoms with E-state index in [1.165, 1.54) is 0 Å². The zero-order valence-electron chi connectivity index (χ0n) is 12.2. The minimum atomic E-state index is -0.567. The van der Waals surface area contributed by atoms with Gasteiger partial charge in [-0.05, 0) is 38.5 Å². The summed E-state index contributed by atoms with van der Waals surface area (Å²) >= 11 is 0. The van der Waals surface area contributed by atoms with Crippen LogP contribution in [-0.4, -0.2) is 25.7 Å². The lowest BCUT2D eigenvalue weighted by Crippen LogP contribution is -2.41. The highest BCUT2D eigenvalue weighted by molar-refractivity contribution is 5.80. The lowest BCUT2D eigenvalue weighted by atomic mass is 9.92. The first-order valence-corrected chi connectivity index (χ1v) is 6.83. The Bertz CT molecular complexity index is 500. The molecule has 1 aliphatic rings. The third-order valence-corrected chi connectivity index (χ3v) is 3.58. The molecular formula is C15H22N2O3. The van der Waals surface area contributed by atoms with Crippen molar-refractivity contribution in [2.24, 2.45) is 11.1 Å². The van der Waals surface area contributed by atoms with Gasteiger partial charge in [0.1, 0.15) is 13.2 Å². The minimum absolute atomic E-state index is 0.101. The van der Waals surface area contributed by atoms with Crippen LogP contribution >= 0.6 is 0 Å². The molecule has 5 heteroatoms. The maximum absolute atomic E-state index is 11.3. The van der Waals surface area contributed by atoms with Gasteiger partial charge in [-0.15, -0.1) is 0 Å². The number of amides is 1. The Morgan fingerprint density at radius 2 is 2.00 bits per heavy atom. The van der Waals surface area contributed by atoms with Crippen LogP contribution in [0.25, 0.3) is 0 Å². The number of benzene rings is 1. The zero-order chi connectivity index (χ0) is 14.8.